The van der Waals surface area contributed by atoms with Gasteiger partial charge < -0.3 is 0 Å². The van der Waals surface area contributed by atoms with E-state index in [-0.39, 0.29) is 11.6 Å². The van der Waals surface area contributed by atoms with Crippen LogP contribution in [-0.4, -0.2) is 36.1 Å². The van der Waals surface area contributed by atoms with Gasteiger partial charge in [0.15, 0.2) is 5.69 Å². The highest BCUT2D eigenvalue weighted by molar-refractivity contribution is 6.01. The molecule has 0 aliphatic rings. The number of H-pyrrole nitrogens is 1. The molecule has 14 heavy (non-hydrogen) atoms. The molecular formula is C6H7N7O. The molecule has 0 atom stereocenters. The van der Waals surface area contributed by atoms with Gasteiger partial charge in [-0.25, -0.2) is 4.68 Å². The van der Waals surface area contributed by atoms with Gasteiger partial charge in [-0.15, -0.1) is 0 Å². The van der Waals surface area contributed by atoms with Gasteiger partial charge in [0.05, 0.1) is 6.20 Å². The molecule has 8 heteroatoms. The number of hydrogen-bond donors (Lipinski definition) is 2. The number of hydrogen-bond acceptors (Lipinski definition) is 5. The van der Waals surface area contributed by atoms with Crippen molar-refractivity contribution >= 4 is 11.9 Å². The number of nitrogens with zero attached hydrogens (tertiary/aromatic N) is 5. The summed E-state index contributed by atoms with van der Waals surface area (Å²) in [5.74, 6) is -0.0205. The molecule has 0 bridgehead atoms. The van der Waals surface area contributed by atoms with Crippen molar-refractivity contribution in [2.45, 2.75) is 0 Å². The van der Waals surface area contributed by atoms with Crippen molar-refractivity contribution in [3.8, 4) is 0 Å². The van der Waals surface area contributed by atoms with E-state index in [2.05, 4.69) is 30.8 Å². The molecule has 0 saturated heterocycles. The van der Waals surface area contributed by atoms with Gasteiger partial charge in [0.25, 0.3) is 5.91 Å². The highest BCUT2D eigenvalue weighted by Crippen LogP contribution is 2.00. The van der Waals surface area contributed by atoms with E-state index in [4.69, 9.17) is 0 Å². The van der Waals surface area contributed by atoms with Crippen LogP contribution >= 0.6 is 0 Å². The molecule has 2 aromatic rings. The van der Waals surface area contributed by atoms with E-state index in [1.165, 1.54) is 17.2 Å². The molecule has 1 amide bonds. The number of aromatic nitrogens is 6. The zero-order chi connectivity index (χ0) is 9.97. The van der Waals surface area contributed by atoms with Crippen molar-refractivity contribution in [3.05, 3.63) is 18.2 Å². The molecule has 0 spiro atoms. The average Bonchev–Trinajstić information content (AvgIpc) is 2.77. The molecule has 0 unspecified atom stereocenters. The first-order valence-electron chi connectivity index (χ1n) is 3.78. The van der Waals surface area contributed by atoms with Crippen LogP contribution in [0.15, 0.2) is 12.5 Å². The summed E-state index contributed by atoms with van der Waals surface area (Å²) in [6, 6.07) is 0. The van der Waals surface area contributed by atoms with Gasteiger partial charge >= 0.3 is 0 Å². The molecule has 8 nitrogen and oxygen atoms in total. The van der Waals surface area contributed by atoms with Crippen molar-refractivity contribution < 1.29 is 4.79 Å². The molecule has 0 aromatic carbocycles. The summed E-state index contributed by atoms with van der Waals surface area (Å²) in [6.07, 6.45) is 2.67. The van der Waals surface area contributed by atoms with Crippen molar-refractivity contribution in [3.63, 3.8) is 0 Å². The number of aromatic amines is 1. The summed E-state index contributed by atoms with van der Waals surface area (Å²) in [5, 5.41) is 15.8. The number of rotatable bonds is 2. The molecule has 0 aliphatic carbocycles. The van der Waals surface area contributed by atoms with Gasteiger partial charge in [0, 0.05) is 7.05 Å². The topological polar surface area (TPSA) is 101 Å². The number of carbonyl (C=O) groups is 1. The summed E-state index contributed by atoms with van der Waals surface area (Å²) >= 11 is 0. The van der Waals surface area contributed by atoms with Crippen molar-refractivity contribution in [2.75, 3.05) is 5.32 Å². The van der Waals surface area contributed by atoms with Gasteiger partial charge in [-0.05, 0) is 0 Å². The van der Waals surface area contributed by atoms with Gasteiger partial charge in [0.2, 0.25) is 5.95 Å². The number of nitrogens with one attached hydrogen (secondary N) is 2. The van der Waals surface area contributed by atoms with Crippen molar-refractivity contribution in [2.24, 2.45) is 7.05 Å². The first kappa shape index (κ1) is 8.35. The largest absolute Gasteiger partial charge is 0.289 e. The van der Waals surface area contributed by atoms with E-state index in [1.807, 2.05) is 0 Å². The Morgan fingerprint density at radius 1 is 1.64 bits per heavy atom. The monoisotopic (exact) mass is 193 g/mol. The summed E-state index contributed by atoms with van der Waals surface area (Å²) in [6.45, 7) is 0. The van der Waals surface area contributed by atoms with Crippen LogP contribution in [0, 0.1) is 0 Å². The smallest absolute Gasteiger partial charge is 0.280 e. The standard InChI is InChI=1S/C6H7N7O/c1-13-6(7-3-9-13)10-5(14)4-2-8-12-11-4/h2-3H,1H3,(H,8,11,12)(H,7,9,10,14). The summed E-state index contributed by atoms with van der Waals surface area (Å²) < 4.78 is 1.44. The van der Waals surface area contributed by atoms with E-state index in [0.29, 0.717) is 5.95 Å². The van der Waals surface area contributed by atoms with Crippen LogP contribution in [0.5, 0.6) is 0 Å². The van der Waals surface area contributed by atoms with Crippen LogP contribution in [0.25, 0.3) is 0 Å². The Labute approximate surface area is 78.3 Å². The lowest BCUT2D eigenvalue weighted by atomic mass is 10.4. The van der Waals surface area contributed by atoms with Gasteiger partial charge in [-0.1, -0.05) is 0 Å². The van der Waals surface area contributed by atoms with Crippen LogP contribution in [-0.2, 0) is 7.05 Å². The maximum absolute atomic E-state index is 11.4. The lowest BCUT2D eigenvalue weighted by Gasteiger charge is -1.99. The van der Waals surface area contributed by atoms with Crippen molar-refractivity contribution in [1.29, 1.82) is 0 Å². The van der Waals surface area contributed by atoms with E-state index in [9.17, 15) is 4.79 Å². The highest BCUT2D eigenvalue weighted by atomic mass is 16.2. The summed E-state index contributed by atoms with van der Waals surface area (Å²) in [4.78, 5) is 15.2. The molecule has 2 heterocycles. The minimum Gasteiger partial charge on any atom is -0.289 e. The normalized spacial score (nSPS) is 10.1. The second-order valence-corrected chi connectivity index (χ2v) is 2.52. The number of carbonyl (C=O) groups excluding carboxylic acids is 1. The van der Waals surface area contributed by atoms with Crippen LogP contribution in [0.3, 0.4) is 0 Å². The molecule has 2 aromatic heterocycles. The predicted molar refractivity (Wildman–Crippen MR) is 45.3 cm³/mol. The third-order valence-corrected chi connectivity index (χ3v) is 1.58. The second kappa shape index (κ2) is 3.24. The molecule has 2 rings (SSSR count). The maximum Gasteiger partial charge on any atom is 0.280 e. The van der Waals surface area contributed by atoms with Crippen LogP contribution in [0.1, 0.15) is 10.5 Å². The van der Waals surface area contributed by atoms with E-state index >= 15 is 0 Å². The van der Waals surface area contributed by atoms with Gasteiger partial charge in [0.1, 0.15) is 6.33 Å². The zero-order valence-corrected chi connectivity index (χ0v) is 7.30. The number of aryl methyl sites for hydroxylation is 1. The predicted octanol–water partition coefficient (Wildman–Crippen LogP) is -0.815. The Bertz CT molecular complexity index is 431. The maximum atomic E-state index is 11.4. The highest BCUT2D eigenvalue weighted by Gasteiger charge is 2.11. The van der Waals surface area contributed by atoms with E-state index in [0.717, 1.165) is 0 Å². The Morgan fingerprint density at radius 2 is 2.50 bits per heavy atom. The van der Waals surface area contributed by atoms with Crippen LogP contribution in [0.4, 0.5) is 5.95 Å². The molecule has 0 radical (unpaired) electrons. The fraction of sp³-hybridized carbons (Fsp3) is 0.167. The quantitative estimate of drug-likeness (QED) is 0.649. The average molecular weight is 193 g/mol. The SMILES string of the molecule is Cn1ncnc1NC(=O)c1cn[nH]n1. The zero-order valence-electron chi connectivity index (χ0n) is 7.30. The Balaban J connectivity index is 2.13. The van der Waals surface area contributed by atoms with Gasteiger partial charge in [-0.3, -0.25) is 10.1 Å². The molecule has 72 valence electrons. The third kappa shape index (κ3) is 1.44. The second-order valence-electron chi connectivity index (χ2n) is 2.52. The van der Waals surface area contributed by atoms with Crippen molar-refractivity contribution in [1.82, 2.24) is 30.2 Å². The lowest BCUT2D eigenvalue weighted by molar-refractivity contribution is 0.102. The van der Waals surface area contributed by atoms with E-state index < -0.39 is 0 Å². The molecule has 0 fully saturated rings. The Kier molecular flexibility index (Phi) is 1.94. The van der Waals surface area contributed by atoms with Crippen LogP contribution in [0.2, 0.25) is 0 Å². The first-order valence-corrected chi connectivity index (χ1v) is 3.78. The minimum absolute atomic E-state index is 0.202. The first-order chi connectivity index (χ1) is 6.77. The van der Waals surface area contributed by atoms with Crippen LogP contribution < -0.4 is 5.32 Å². The third-order valence-electron chi connectivity index (χ3n) is 1.58. The lowest BCUT2D eigenvalue weighted by Crippen LogP contribution is -2.15. The molecule has 0 aliphatic heterocycles. The Hall–Kier alpha value is -2.25. The number of anilines is 1. The fourth-order valence-electron chi connectivity index (χ4n) is 0.886. The van der Waals surface area contributed by atoms with Gasteiger partial charge in [-0.2, -0.15) is 25.5 Å². The molecule has 2 N–H and O–H groups in total. The summed E-state index contributed by atoms with van der Waals surface area (Å²) in [7, 11) is 1.67. The summed E-state index contributed by atoms with van der Waals surface area (Å²) in [5.41, 5.74) is 0.202. The Morgan fingerprint density at radius 3 is 3.07 bits per heavy atom. The minimum atomic E-state index is -0.380. The number of amides is 1. The van der Waals surface area contributed by atoms with E-state index in [1.54, 1.807) is 7.05 Å². The molecule has 0 saturated carbocycles. The fourth-order valence-corrected chi connectivity index (χ4v) is 0.886. The molecular weight excluding hydrogens is 186 g/mol.